The Morgan fingerprint density at radius 1 is 1.07 bits per heavy atom. The lowest BCUT2D eigenvalue weighted by molar-refractivity contribution is 0.0699. The highest BCUT2D eigenvalue weighted by molar-refractivity contribution is 6.07. The van der Waals surface area contributed by atoms with Crippen LogP contribution in [0.2, 0.25) is 0 Å². The number of para-hydroxylation sites is 1. The van der Waals surface area contributed by atoms with Crippen molar-refractivity contribution in [3.8, 4) is 17.0 Å². The van der Waals surface area contributed by atoms with Gasteiger partial charge in [-0.1, -0.05) is 37.3 Å². The summed E-state index contributed by atoms with van der Waals surface area (Å²) in [7, 11) is 1.65. The molecule has 0 N–H and O–H groups in total. The van der Waals surface area contributed by atoms with Gasteiger partial charge in [0.2, 0.25) is 0 Å². The molecular formula is C23H24N2O2. The number of hydrogen-bond donors (Lipinski definition) is 0. The fraction of sp³-hybridized carbons (Fsp3) is 0.304. The molecule has 1 aromatic heterocycles. The van der Waals surface area contributed by atoms with E-state index in [1.165, 1.54) is 0 Å². The summed E-state index contributed by atoms with van der Waals surface area (Å²) < 4.78 is 5.34. The summed E-state index contributed by atoms with van der Waals surface area (Å²) in [5.74, 6) is 1.57. The van der Waals surface area contributed by atoms with E-state index in [9.17, 15) is 4.79 Å². The highest BCUT2D eigenvalue weighted by atomic mass is 16.5. The molecule has 3 aromatic rings. The molecule has 0 radical (unpaired) electrons. The van der Waals surface area contributed by atoms with Gasteiger partial charge in [-0.3, -0.25) is 4.79 Å². The van der Waals surface area contributed by atoms with Crippen LogP contribution in [0.1, 0.15) is 30.1 Å². The van der Waals surface area contributed by atoms with Crippen LogP contribution >= 0.6 is 0 Å². The van der Waals surface area contributed by atoms with Gasteiger partial charge in [0, 0.05) is 24.0 Å². The van der Waals surface area contributed by atoms with Crippen molar-refractivity contribution in [2.45, 2.75) is 19.8 Å². The molecule has 4 nitrogen and oxygen atoms in total. The molecule has 2 heterocycles. The number of pyridine rings is 1. The van der Waals surface area contributed by atoms with Crippen LogP contribution in [-0.4, -0.2) is 36.0 Å². The van der Waals surface area contributed by atoms with Crippen LogP contribution in [-0.2, 0) is 0 Å². The van der Waals surface area contributed by atoms with E-state index in [1.54, 1.807) is 7.11 Å². The van der Waals surface area contributed by atoms with E-state index < -0.39 is 0 Å². The molecule has 2 aromatic carbocycles. The maximum atomic E-state index is 13.3. The summed E-state index contributed by atoms with van der Waals surface area (Å²) in [5.41, 5.74) is 3.31. The van der Waals surface area contributed by atoms with Crippen LogP contribution in [0.25, 0.3) is 22.2 Å². The van der Waals surface area contributed by atoms with E-state index in [0.29, 0.717) is 5.92 Å². The molecular weight excluding hydrogens is 336 g/mol. The monoisotopic (exact) mass is 360 g/mol. The number of benzene rings is 2. The van der Waals surface area contributed by atoms with Gasteiger partial charge >= 0.3 is 0 Å². The highest BCUT2D eigenvalue weighted by Gasteiger charge is 2.23. The van der Waals surface area contributed by atoms with Crippen molar-refractivity contribution in [1.29, 1.82) is 0 Å². The van der Waals surface area contributed by atoms with E-state index in [4.69, 9.17) is 9.72 Å². The zero-order chi connectivity index (χ0) is 18.8. The van der Waals surface area contributed by atoms with Crippen LogP contribution in [0.15, 0.2) is 54.6 Å². The molecule has 0 spiro atoms. The third kappa shape index (κ3) is 3.52. The minimum atomic E-state index is 0.102. The third-order valence-electron chi connectivity index (χ3n) is 5.38. The van der Waals surface area contributed by atoms with Crippen molar-refractivity contribution in [2.75, 3.05) is 20.2 Å². The molecule has 4 rings (SSSR count). The average molecular weight is 360 g/mol. The van der Waals surface area contributed by atoms with Gasteiger partial charge in [-0.2, -0.15) is 0 Å². The molecule has 0 aliphatic carbocycles. The summed E-state index contributed by atoms with van der Waals surface area (Å²) in [6.45, 7) is 3.90. The first-order valence-electron chi connectivity index (χ1n) is 9.49. The highest BCUT2D eigenvalue weighted by Crippen LogP contribution is 2.29. The number of ether oxygens (including phenoxy) is 1. The largest absolute Gasteiger partial charge is 0.497 e. The Kier molecular flexibility index (Phi) is 4.80. The molecule has 0 bridgehead atoms. The number of likely N-dealkylation sites (tertiary alicyclic amines) is 1. The number of amides is 1. The van der Waals surface area contributed by atoms with Gasteiger partial charge in [0.25, 0.3) is 5.91 Å². The number of carbonyl (C=O) groups is 1. The second-order valence-corrected chi connectivity index (χ2v) is 7.28. The van der Waals surface area contributed by atoms with Crippen molar-refractivity contribution in [3.63, 3.8) is 0 Å². The van der Waals surface area contributed by atoms with E-state index in [0.717, 1.165) is 59.4 Å². The molecule has 0 saturated carbocycles. The number of rotatable bonds is 3. The Morgan fingerprint density at radius 2 is 1.85 bits per heavy atom. The normalized spacial score (nSPS) is 15.1. The van der Waals surface area contributed by atoms with Gasteiger partial charge in [-0.15, -0.1) is 0 Å². The Bertz CT molecular complexity index is 975. The molecule has 27 heavy (non-hydrogen) atoms. The van der Waals surface area contributed by atoms with E-state index >= 15 is 0 Å². The summed E-state index contributed by atoms with van der Waals surface area (Å²) >= 11 is 0. The lowest BCUT2D eigenvalue weighted by Crippen LogP contribution is -2.38. The van der Waals surface area contributed by atoms with Crippen LogP contribution in [0.5, 0.6) is 5.75 Å². The number of fused-ring (bicyclic) bond motifs is 1. The number of nitrogens with zero attached hydrogens (tertiary/aromatic N) is 2. The van der Waals surface area contributed by atoms with Crippen molar-refractivity contribution in [3.05, 3.63) is 60.2 Å². The number of piperidine rings is 1. The summed E-state index contributed by atoms with van der Waals surface area (Å²) in [5, 5.41) is 0.910. The number of hydrogen-bond acceptors (Lipinski definition) is 3. The van der Waals surface area contributed by atoms with Crippen molar-refractivity contribution < 1.29 is 9.53 Å². The maximum absolute atomic E-state index is 13.3. The Labute approximate surface area is 159 Å². The SMILES string of the molecule is COc1cccc(-c2cc(C(=O)N3CCC(C)CC3)c3ccccc3n2)c1. The molecule has 1 fully saturated rings. The van der Waals surface area contributed by atoms with Gasteiger partial charge in [0.15, 0.2) is 0 Å². The minimum Gasteiger partial charge on any atom is -0.497 e. The molecule has 138 valence electrons. The molecule has 0 atom stereocenters. The second kappa shape index (κ2) is 7.39. The van der Waals surface area contributed by atoms with Crippen molar-refractivity contribution in [1.82, 2.24) is 9.88 Å². The van der Waals surface area contributed by atoms with Gasteiger partial charge < -0.3 is 9.64 Å². The lowest BCUT2D eigenvalue weighted by Gasteiger charge is -2.30. The first-order chi connectivity index (χ1) is 13.2. The van der Waals surface area contributed by atoms with Crippen LogP contribution < -0.4 is 4.74 Å². The molecule has 1 saturated heterocycles. The molecule has 0 unspecified atom stereocenters. The minimum absolute atomic E-state index is 0.102. The summed E-state index contributed by atoms with van der Waals surface area (Å²) in [6.07, 6.45) is 2.13. The van der Waals surface area contributed by atoms with Gasteiger partial charge in [0.1, 0.15) is 5.75 Å². The average Bonchev–Trinajstić information content (AvgIpc) is 2.73. The van der Waals surface area contributed by atoms with Crippen molar-refractivity contribution in [2.24, 2.45) is 5.92 Å². The van der Waals surface area contributed by atoms with Gasteiger partial charge in [0.05, 0.1) is 23.9 Å². The predicted molar refractivity (Wildman–Crippen MR) is 108 cm³/mol. The second-order valence-electron chi connectivity index (χ2n) is 7.28. The Hall–Kier alpha value is -2.88. The number of methoxy groups -OCH3 is 1. The zero-order valence-corrected chi connectivity index (χ0v) is 15.8. The summed E-state index contributed by atoms with van der Waals surface area (Å²) in [4.78, 5) is 20.1. The predicted octanol–water partition coefficient (Wildman–Crippen LogP) is 4.78. The third-order valence-corrected chi connectivity index (χ3v) is 5.38. The zero-order valence-electron chi connectivity index (χ0n) is 15.8. The van der Waals surface area contributed by atoms with E-state index in [-0.39, 0.29) is 5.91 Å². The summed E-state index contributed by atoms with van der Waals surface area (Å²) in [6, 6.07) is 17.6. The Morgan fingerprint density at radius 3 is 2.63 bits per heavy atom. The van der Waals surface area contributed by atoms with E-state index in [2.05, 4.69) is 6.92 Å². The van der Waals surface area contributed by atoms with Gasteiger partial charge in [-0.05, 0) is 43.0 Å². The molecule has 1 aliphatic heterocycles. The number of aromatic nitrogens is 1. The quantitative estimate of drug-likeness (QED) is 0.675. The van der Waals surface area contributed by atoms with Crippen LogP contribution in [0.4, 0.5) is 0 Å². The molecule has 1 amide bonds. The lowest BCUT2D eigenvalue weighted by atomic mass is 9.97. The first kappa shape index (κ1) is 17.5. The van der Waals surface area contributed by atoms with E-state index in [1.807, 2.05) is 59.5 Å². The smallest absolute Gasteiger partial charge is 0.254 e. The van der Waals surface area contributed by atoms with Crippen molar-refractivity contribution >= 4 is 16.8 Å². The van der Waals surface area contributed by atoms with Gasteiger partial charge in [-0.25, -0.2) is 4.98 Å². The fourth-order valence-corrected chi connectivity index (χ4v) is 3.66. The Balaban J connectivity index is 1.80. The molecule has 4 heteroatoms. The van der Waals surface area contributed by atoms with Crippen LogP contribution in [0, 0.1) is 5.92 Å². The first-order valence-corrected chi connectivity index (χ1v) is 9.49. The fourth-order valence-electron chi connectivity index (χ4n) is 3.66. The molecule has 1 aliphatic rings. The maximum Gasteiger partial charge on any atom is 0.254 e. The van der Waals surface area contributed by atoms with Crippen LogP contribution in [0.3, 0.4) is 0 Å². The standard InChI is InChI=1S/C23H24N2O2/c1-16-10-12-25(13-11-16)23(26)20-15-22(17-6-5-7-18(14-17)27-2)24-21-9-4-3-8-19(20)21/h3-9,14-16H,10-13H2,1-2H3. The topological polar surface area (TPSA) is 42.4 Å². The number of carbonyl (C=O) groups excluding carboxylic acids is 1.